The molecular weight excluding hydrogens is 278 g/mol. The Labute approximate surface area is 132 Å². The molecule has 0 N–H and O–H groups in total. The highest BCUT2D eigenvalue weighted by Gasteiger charge is 2.22. The van der Waals surface area contributed by atoms with Gasteiger partial charge in [-0.15, -0.1) is 0 Å². The first-order chi connectivity index (χ1) is 10.7. The summed E-state index contributed by atoms with van der Waals surface area (Å²) >= 11 is 0. The van der Waals surface area contributed by atoms with Crippen LogP contribution in [-0.2, 0) is 4.74 Å². The number of piperazine rings is 1. The molecule has 0 amide bonds. The van der Waals surface area contributed by atoms with Crippen LogP contribution in [0.15, 0.2) is 30.0 Å². The molecule has 0 saturated carbocycles. The largest absolute Gasteiger partial charge is 0.462 e. The van der Waals surface area contributed by atoms with Crippen molar-refractivity contribution in [2.45, 2.75) is 20.8 Å². The van der Waals surface area contributed by atoms with Crippen LogP contribution < -0.4 is 4.90 Å². The second-order valence-corrected chi connectivity index (χ2v) is 5.49. The summed E-state index contributed by atoms with van der Waals surface area (Å²) in [5.41, 5.74) is 1.95. The lowest BCUT2D eigenvalue weighted by Gasteiger charge is -2.36. The first-order valence-electron chi connectivity index (χ1n) is 7.87. The SMILES string of the molecule is C/C=C(\C)CN1CCN(c2ncccc2C(=O)OCC)CC1. The van der Waals surface area contributed by atoms with E-state index in [2.05, 4.69) is 34.7 Å². The smallest absolute Gasteiger partial charge is 0.341 e. The summed E-state index contributed by atoms with van der Waals surface area (Å²) in [5, 5.41) is 0. The zero-order valence-corrected chi connectivity index (χ0v) is 13.7. The number of anilines is 1. The van der Waals surface area contributed by atoms with E-state index in [1.165, 1.54) is 5.57 Å². The molecular formula is C17H25N3O2. The summed E-state index contributed by atoms with van der Waals surface area (Å²) in [6.45, 7) is 11.1. The maximum atomic E-state index is 12.1. The van der Waals surface area contributed by atoms with E-state index in [0.29, 0.717) is 12.2 Å². The normalized spacial score (nSPS) is 16.7. The van der Waals surface area contributed by atoms with Gasteiger partial charge in [0.2, 0.25) is 0 Å². The van der Waals surface area contributed by atoms with Crippen molar-refractivity contribution in [1.82, 2.24) is 9.88 Å². The first-order valence-corrected chi connectivity index (χ1v) is 7.87. The Hall–Kier alpha value is -1.88. The van der Waals surface area contributed by atoms with Crippen molar-refractivity contribution in [3.63, 3.8) is 0 Å². The molecule has 1 aliphatic heterocycles. The van der Waals surface area contributed by atoms with E-state index in [-0.39, 0.29) is 5.97 Å². The van der Waals surface area contributed by atoms with Gasteiger partial charge in [0.05, 0.1) is 6.61 Å². The van der Waals surface area contributed by atoms with Gasteiger partial charge in [-0.1, -0.05) is 11.6 Å². The van der Waals surface area contributed by atoms with Gasteiger partial charge in [0.15, 0.2) is 0 Å². The minimum atomic E-state index is -0.294. The van der Waals surface area contributed by atoms with Crippen molar-refractivity contribution >= 4 is 11.8 Å². The zero-order chi connectivity index (χ0) is 15.9. The predicted octanol–water partition coefficient (Wildman–Crippen LogP) is 2.35. The number of carbonyl (C=O) groups is 1. The third-order valence-corrected chi connectivity index (χ3v) is 3.92. The average Bonchev–Trinajstić information content (AvgIpc) is 2.55. The molecule has 5 nitrogen and oxygen atoms in total. The van der Waals surface area contributed by atoms with Crippen LogP contribution in [-0.4, -0.2) is 55.2 Å². The van der Waals surface area contributed by atoms with Crippen LogP contribution in [0.5, 0.6) is 0 Å². The third kappa shape index (κ3) is 4.07. The van der Waals surface area contributed by atoms with Gasteiger partial charge in [0.1, 0.15) is 11.4 Å². The van der Waals surface area contributed by atoms with Gasteiger partial charge in [0, 0.05) is 38.9 Å². The van der Waals surface area contributed by atoms with Gasteiger partial charge in [-0.25, -0.2) is 9.78 Å². The lowest BCUT2D eigenvalue weighted by atomic mass is 10.2. The third-order valence-electron chi connectivity index (χ3n) is 3.92. The molecule has 2 heterocycles. The maximum Gasteiger partial charge on any atom is 0.341 e. The molecule has 0 aromatic carbocycles. The number of hydrogen-bond acceptors (Lipinski definition) is 5. The van der Waals surface area contributed by atoms with E-state index in [0.717, 1.165) is 38.5 Å². The summed E-state index contributed by atoms with van der Waals surface area (Å²) in [6, 6.07) is 3.57. The molecule has 1 fully saturated rings. The molecule has 1 aliphatic rings. The second kappa shape index (κ2) is 7.94. The zero-order valence-electron chi connectivity index (χ0n) is 13.7. The number of carbonyl (C=O) groups excluding carboxylic acids is 1. The Morgan fingerprint density at radius 1 is 1.36 bits per heavy atom. The fourth-order valence-electron chi connectivity index (χ4n) is 2.58. The minimum Gasteiger partial charge on any atom is -0.462 e. The number of allylic oxidation sites excluding steroid dienone is 1. The Morgan fingerprint density at radius 3 is 2.73 bits per heavy atom. The first kappa shape index (κ1) is 16.5. The van der Waals surface area contributed by atoms with Crippen molar-refractivity contribution in [3.8, 4) is 0 Å². The van der Waals surface area contributed by atoms with Crippen LogP contribution in [0.1, 0.15) is 31.1 Å². The van der Waals surface area contributed by atoms with E-state index >= 15 is 0 Å². The van der Waals surface area contributed by atoms with Gasteiger partial charge in [-0.2, -0.15) is 0 Å². The highest BCUT2D eigenvalue weighted by Crippen LogP contribution is 2.20. The summed E-state index contributed by atoms with van der Waals surface area (Å²) in [4.78, 5) is 21.1. The molecule has 0 bridgehead atoms. The van der Waals surface area contributed by atoms with Gasteiger partial charge in [-0.3, -0.25) is 4.90 Å². The molecule has 1 aromatic heterocycles. The van der Waals surface area contributed by atoms with Gasteiger partial charge < -0.3 is 9.64 Å². The van der Waals surface area contributed by atoms with Crippen molar-refractivity contribution in [3.05, 3.63) is 35.5 Å². The Balaban J connectivity index is 2.04. The lowest BCUT2D eigenvalue weighted by Crippen LogP contribution is -2.47. The molecule has 1 saturated heterocycles. The molecule has 0 spiro atoms. The molecule has 1 aromatic rings. The highest BCUT2D eigenvalue weighted by atomic mass is 16.5. The number of nitrogens with zero attached hydrogens (tertiary/aromatic N) is 3. The van der Waals surface area contributed by atoms with E-state index in [1.54, 1.807) is 18.3 Å². The van der Waals surface area contributed by atoms with Crippen LogP contribution >= 0.6 is 0 Å². The number of pyridine rings is 1. The standard InChI is InChI=1S/C17H25N3O2/c1-4-14(3)13-19-9-11-20(12-10-19)16-15(7-6-8-18-16)17(21)22-5-2/h4,6-8H,5,9-13H2,1-3H3/b14-4+. The predicted molar refractivity (Wildman–Crippen MR) is 88.3 cm³/mol. The molecule has 5 heteroatoms. The molecule has 0 atom stereocenters. The average molecular weight is 303 g/mol. The highest BCUT2D eigenvalue weighted by molar-refractivity contribution is 5.94. The lowest BCUT2D eigenvalue weighted by molar-refractivity contribution is 0.0526. The van der Waals surface area contributed by atoms with Crippen molar-refractivity contribution in [2.75, 3.05) is 44.2 Å². The summed E-state index contributed by atoms with van der Waals surface area (Å²) in [6.07, 6.45) is 3.89. The van der Waals surface area contributed by atoms with Crippen LogP contribution in [0.25, 0.3) is 0 Å². The molecule has 0 radical (unpaired) electrons. The molecule has 2 rings (SSSR count). The minimum absolute atomic E-state index is 0.294. The van der Waals surface area contributed by atoms with Crippen LogP contribution in [0.3, 0.4) is 0 Å². The summed E-state index contributed by atoms with van der Waals surface area (Å²) < 4.78 is 5.12. The summed E-state index contributed by atoms with van der Waals surface area (Å²) in [5.74, 6) is 0.446. The van der Waals surface area contributed by atoms with Gasteiger partial charge >= 0.3 is 5.97 Å². The quantitative estimate of drug-likeness (QED) is 0.617. The molecule has 22 heavy (non-hydrogen) atoms. The number of ether oxygens (including phenoxy) is 1. The number of rotatable bonds is 5. The molecule has 0 unspecified atom stereocenters. The topological polar surface area (TPSA) is 45.7 Å². The molecule has 0 aliphatic carbocycles. The number of esters is 1. The Kier molecular flexibility index (Phi) is 5.95. The van der Waals surface area contributed by atoms with E-state index in [1.807, 2.05) is 6.92 Å². The fraction of sp³-hybridized carbons (Fsp3) is 0.529. The van der Waals surface area contributed by atoms with E-state index in [4.69, 9.17) is 4.74 Å². The Morgan fingerprint density at radius 2 is 2.09 bits per heavy atom. The summed E-state index contributed by atoms with van der Waals surface area (Å²) in [7, 11) is 0. The Bertz CT molecular complexity index is 534. The maximum absolute atomic E-state index is 12.1. The van der Waals surface area contributed by atoms with E-state index in [9.17, 15) is 4.79 Å². The number of aromatic nitrogens is 1. The van der Waals surface area contributed by atoms with Crippen molar-refractivity contribution in [2.24, 2.45) is 0 Å². The second-order valence-electron chi connectivity index (χ2n) is 5.49. The van der Waals surface area contributed by atoms with Crippen LogP contribution in [0.2, 0.25) is 0 Å². The monoisotopic (exact) mass is 303 g/mol. The van der Waals surface area contributed by atoms with E-state index < -0.39 is 0 Å². The van der Waals surface area contributed by atoms with Crippen molar-refractivity contribution in [1.29, 1.82) is 0 Å². The number of hydrogen-bond donors (Lipinski definition) is 0. The fourth-order valence-corrected chi connectivity index (χ4v) is 2.58. The van der Waals surface area contributed by atoms with Crippen LogP contribution in [0.4, 0.5) is 5.82 Å². The van der Waals surface area contributed by atoms with Gasteiger partial charge in [0.25, 0.3) is 0 Å². The van der Waals surface area contributed by atoms with Crippen molar-refractivity contribution < 1.29 is 9.53 Å². The van der Waals surface area contributed by atoms with Crippen LogP contribution in [0, 0.1) is 0 Å². The molecule has 120 valence electrons. The van der Waals surface area contributed by atoms with Gasteiger partial charge in [-0.05, 0) is 32.9 Å².